The van der Waals surface area contributed by atoms with Crippen LogP contribution in [0.3, 0.4) is 0 Å². The molecule has 1 rings (SSSR count). The molecule has 3 nitrogen and oxygen atoms in total. The zero-order valence-corrected chi connectivity index (χ0v) is 8.01. The Labute approximate surface area is 86.5 Å². The smallest absolute Gasteiger partial charge is 0.248 e. The maximum Gasteiger partial charge on any atom is 0.248 e. The van der Waals surface area contributed by atoms with Crippen molar-refractivity contribution in [1.29, 1.82) is 0 Å². The molecule has 0 heterocycles. The van der Waals surface area contributed by atoms with Gasteiger partial charge in [-0.25, -0.2) is 0 Å². The lowest BCUT2D eigenvalue weighted by Crippen LogP contribution is -2.10. The van der Waals surface area contributed by atoms with Crippen molar-refractivity contribution >= 4 is 17.5 Å². The number of carbonyl (C=O) groups excluding carboxylic acids is 1. The molecule has 0 bridgehead atoms. The van der Waals surface area contributed by atoms with Crippen LogP contribution in [0.5, 0.6) is 0 Å². The van der Waals surface area contributed by atoms with Crippen LogP contribution in [-0.4, -0.2) is 17.6 Å². The molecule has 72 valence electrons. The van der Waals surface area contributed by atoms with Crippen molar-refractivity contribution in [3.05, 3.63) is 34.3 Å². The lowest BCUT2D eigenvalue weighted by Gasteiger charge is -1.98. The predicted molar refractivity (Wildman–Crippen MR) is 53.9 cm³/mol. The summed E-state index contributed by atoms with van der Waals surface area (Å²) in [5, 5.41) is 8.82. The molecule has 1 aromatic rings. The average Bonchev–Trinajstić information content (AvgIpc) is 2.15. The number of hydrogen-bond acceptors (Lipinski definition) is 2. The second-order valence-corrected chi connectivity index (χ2v) is 2.93. The van der Waals surface area contributed by atoms with Crippen LogP contribution in [0.2, 0.25) is 5.02 Å². The SMILES string of the molecule is NC(=O)c1ccc(C#CCO)c(Cl)c1. The first kappa shape index (κ1) is 10.6. The van der Waals surface area contributed by atoms with Gasteiger partial charge in [-0.3, -0.25) is 4.79 Å². The summed E-state index contributed by atoms with van der Waals surface area (Å²) in [4.78, 5) is 10.8. The first-order valence-corrected chi connectivity index (χ1v) is 4.22. The molecule has 0 spiro atoms. The highest BCUT2D eigenvalue weighted by Gasteiger charge is 2.03. The van der Waals surface area contributed by atoms with E-state index in [4.69, 9.17) is 22.4 Å². The van der Waals surface area contributed by atoms with Gasteiger partial charge in [-0.15, -0.1) is 0 Å². The average molecular weight is 210 g/mol. The first-order chi connectivity index (χ1) is 6.65. The number of halogens is 1. The minimum Gasteiger partial charge on any atom is -0.384 e. The van der Waals surface area contributed by atoms with Crippen molar-refractivity contribution in [3.63, 3.8) is 0 Å². The Bertz CT molecular complexity index is 418. The molecule has 0 atom stereocenters. The summed E-state index contributed by atoms with van der Waals surface area (Å²) >= 11 is 5.82. The second kappa shape index (κ2) is 4.66. The number of amides is 1. The highest BCUT2D eigenvalue weighted by Crippen LogP contribution is 2.16. The first-order valence-electron chi connectivity index (χ1n) is 3.84. The van der Waals surface area contributed by atoms with Crippen LogP contribution in [0.15, 0.2) is 18.2 Å². The fraction of sp³-hybridized carbons (Fsp3) is 0.100. The predicted octanol–water partition coefficient (Wildman–Crippen LogP) is 0.783. The van der Waals surface area contributed by atoms with Crippen molar-refractivity contribution in [1.82, 2.24) is 0 Å². The lowest BCUT2D eigenvalue weighted by atomic mass is 10.1. The maximum absolute atomic E-state index is 10.8. The molecule has 0 saturated carbocycles. The largest absolute Gasteiger partial charge is 0.384 e. The van der Waals surface area contributed by atoms with Crippen molar-refractivity contribution in [2.24, 2.45) is 5.73 Å². The van der Waals surface area contributed by atoms with E-state index in [1.165, 1.54) is 12.1 Å². The normalized spacial score (nSPS) is 9.00. The molecule has 1 amide bonds. The Balaban J connectivity index is 3.07. The molecule has 4 heteroatoms. The molecule has 3 N–H and O–H groups in total. The summed E-state index contributed by atoms with van der Waals surface area (Å²) in [6.45, 7) is -0.228. The van der Waals surface area contributed by atoms with E-state index < -0.39 is 5.91 Å². The molecule has 0 aliphatic carbocycles. The molecular weight excluding hydrogens is 202 g/mol. The topological polar surface area (TPSA) is 63.3 Å². The Morgan fingerprint density at radius 1 is 1.57 bits per heavy atom. The Hall–Kier alpha value is -1.50. The van der Waals surface area contributed by atoms with Gasteiger partial charge in [0.15, 0.2) is 0 Å². The highest BCUT2D eigenvalue weighted by molar-refractivity contribution is 6.32. The van der Waals surface area contributed by atoms with Gasteiger partial charge in [0.05, 0.1) is 5.02 Å². The van der Waals surface area contributed by atoms with Gasteiger partial charge in [-0.05, 0) is 18.2 Å². The third-order valence-corrected chi connectivity index (χ3v) is 1.87. The molecule has 0 aliphatic heterocycles. The van der Waals surface area contributed by atoms with Gasteiger partial charge in [-0.1, -0.05) is 23.4 Å². The van der Waals surface area contributed by atoms with Crippen LogP contribution in [0.25, 0.3) is 0 Å². The molecule has 1 aromatic carbocycles. The number of rotatable bonds is 1. The van der Waals surface area contributed by atoms with Crippen LogP contribution in [0.4, 0.5) is 0 Å². The third kappa shape index (κ3) is 2.49. The van der Waals surface area contributed by atoms with Crippen molar-refractivity contribution in [3.8, 4) is 11.8 Å². The van der Waals surface area contributed by atoms with E-state index in [1.54, 1.807) is 6.07 Å². The van der Waals surface area contributed by atoms with Crippen LogP contribution < -0.4 is 5.73 Å². The zero-order chi connectivity index (χ0) is 10.6. The van der Waals surface area contributed by atoms with Crippen LogP contribution in [0, 0.1) is 11.8 Å². The summed E-state index contributed by atoms with van der Waals surface area (Å²) in [6.07, 6.45) is 0. The number of benzene rings is 1. The van der Waals surface area contributed by atoms with Gasteiger partial charge in [0, 0.05) is 11.1 Å². The quantitative estimate of drug-likeness (QED) is 0.672. The fourth-order valence-corrected chi connectivity index (χ4v) is 1.13. The number of hydrogen-bond donors (Lipinski definition) is 2. The standard InChI is InChI=1S/C10H8ClNO2/c11-9-6-8(10(12)14)4-3-7(9)2-1-5-13/h3-4,6,13H,5H2,(H2,12,14). The maximum atomic E-state index is 10.8. The van der Waals surface area contributed by atoms with Gasteiger partial charge in [-0.2, -0.15) is 0 Å². The molecular formula is C10H8ClNO2. The number of nitrogens with two attached hydrogens (primary N) is 1. The molecule has 14 heavy (non-hydrogen) atoms. The van der Waals surface area contributed by atoms with Crippen molar-refractivity contribution < 1.29 is 9.90 Å². The van der Waals surface area contributed by atoms with Crippen molar-refractivity contribution in [2.45, 2.75) is 0 Å². The number of aliphatic hydroxyl groups excluding tert-OH is 1. The molecule has 0 radical (unpaired) electrons. The van der Waals surface area contributed by atoms with Crippen LogP contribution >= 0.6 is 11.6 Å². The molecule has 0 aliphatic rings. The summed E-state index contributed by atoms with van der Waals surface area (Å²) in [6, 6.07) is 4.58. The van der Waals surface area contributed by atoms with Gasteiger partial charge in [0.1, 0.15) is 6.61 Å². The summed E-state index contributed by atoms with van der Waals surface area (Å²) < 4.78 is 0. The van der Waals surface area contributed by atoms with E-state index in [1.807, 2.05) is 0 Å². The molecule has 0 fully saturated rings. The minimum absolute atomic E-state index is 0.228. The summed E-state index contributed by atoms with van der Waals surface area (Å²) in [5.74, 6) is 4.57. The number of carbonyl (C=O) groups is 1. The fourth-order valence-electron chi connectivity index (χ4n) is 0.905. The minimum atomic E-state index is -0.534. The Morgan fingerprint density at radius 3 is 2.79 bits per heavy atom. The van der Waals surface area contributed by atoms with E-state index >= 15 is 0 Å². The monoisotopic (exact) mass is 209 g/mol. The van der Waals surface area contributed by atoms with Gasteiger partial charge < -0.3 is 10.8 Å². The van der Waals surface area contributed by atoms with Gasteiger partial charge in [0.2, 0.25) is 5.91 Å². The number of primary amides is 1. The second-order valence-electron chi connectivity index (χ2n) is 2.52. The Morgan fingerprint density at radius 2 is 2.29 bits per heavy atom. The molecule has 0 aromatic heterocycles. The van der Waals surface area contributed by atoms with E-state index in [-0.39, 0.29) is 6.61 Å². The van der Waals surface area contributed by atoms with Gasteiger partial charge >= 0.3 is 0 Å². The summed E-state index contributed by atoms with van der Waals surface area (Å²) in [7, 11) is 0. The van der Waals surface area contributed by atoms with E-state index in [2.05, 4.69) is 11.8 Å². The lowest BCUT2D eigenvalue weighted by molar-refractivity contribution is 0.100. The van der Waals surface area contributed by atoms with Crippen LogP contribution in [-0.2, 0) is 0 Å². The highest BCUT2D eigenvalue weighted by atomic mass is 35.5. The van der Waals surface area contributed by atoms with Gasteiger partial charge in [0.25, 0.3) is 0 Å². The van der Waals surface area contributed by atoms with E-state index in [9.17, 15) is 4.79 Å². The number of aliphatic hydroxyl groups is 1. The van der Waals surface area contributed by atoms with E-state index in [0.29, 0.717) is 16.1 Å². The zero-order valence-electron chi connectivity index (χ0n) is 7.25. The van der Waals surface area contributed by atoms with Crippen molar-refractivity contribution in [2.75, 3.05) is 6.61 Å². The van der Waals surface area contributed by atoms with Crippen LogP contribution in [0.1, 0.15) is 15.9 Å². The van der Waals surface area contributed by atoms with E-state index in [0.717, 1.165) is 0 Å². The third-order valence-electron chi connectivity index (χ3n) is 1.56. The summed E-state index contributed by atoms with van der Waals surface area (Å²) in [5.41, 5.74) is 5.96. The molecule has 0 saturated heterocycles. The molecule has 0 unspecified atom stereocenters. The Kier molecular flexibility index (Phi) is 3.52.